The minimum Gasteiger partial charge on any atom is -0.412 e. The summed E-state index contributed by atoms with van der Waals surface area (Å²) in [4.78, 5) is 10.4. The van der Waals surface area contributed by atoms with Gasteiger partial charge in [0, 0.05) is 6.42 Å². The van der Waals surface area contributed by atoms with Crippen LogP contribution in [0.15, 0.2) is 12.2 Å². The van der Waals surface area contributed by atoms with E-state index in [1.54, 1.807) is 6.08 Å². The zero-order valence-electron chi connectivity index (χ0n) is 4.68. The van der Waals surface area contributed by atoms with Crippen molar-refractivity contribution >= 4 is 5.78 Å². The highest BCUT2D eigenvalue weighted by molar-refractivity contribution is 5.90. The Morgan fingerprint density at radius 1 is 1.50 bits per heavy atom. The molecule has 46 valence electrons. The first kappa shape index (κ1) is 7.37. The molecule has 0 aromatic rings. The maximum Gasteiger partial charge on any atom is 0.155 e. The van der Waals surface area contributed by atoms with Gasteiger partial charge in [-0.2, -0.15) is 0 Å². The standard InChI is InChI=1S/C6H8O.H2O/c7-6-4-2-1-3-5-6;/h2,4H,1,3,5H2;1H2. The first-order valence-corrected chi connectivity index (χ1v) is 2.59. The Labute approximate surface area is 48.5 Å². The average Bonchev–Trinajstić information content (AvgIpc) is 1.69. The molecule has 0 aromatic heterocycles. The first-order chi connectivity index (χ1) is 3.39. The molecule has 0 unspecified atom stereocenters. The normalized spacial score (nSPS) is 17.8. The van der Waals surface area contributed by atoms with E-state index >= 15 is 0 Å². The van der Waals surface area contributed by atoms with Crippen LogP contribution in [-0.2, 0) is 4.79 Å². The molecular formula is C6H10O2. The Bertz CT molecular complexity index is 105. The summed E-state index contributed by atoms with van der Waals surface area (Å²) in [5.74, 6) is 0.284. The summed E-state index contributed by atoms with van der Waals surface area (Å²) in [6.07, 6.45) is 6.51. The monoisotopic (exact) mass is 114 g/mol. The molecule has 0 amide bonds. The van der Waals surface area contributed by atoms with Gasteiger partial charge in [-0.1, -0.05) is 6.08 Å². The molecule has 1 aliphatic rings. The molecule has 2 nitrogen and oxygen atoms in total. The molecule has 0 radical (unpaired) electrons. The number of carbonyl (C=O) groups excluding carboxylic acids is 1. The lowest BCUT2D eigenvalue weighted by atomic mass is 10.1. The Balaban J connectivity index is 0.000000490. The predicted octanol–water partition coefficient (Wildman–Crippen LogP) is 0.471. The van der Waals surface area contributed by atoms with Crippen molar-refractivity contribution < 1.29 is 10.3 Å². The zero-order valence-corrected chi connectivity index (χ0v) is 4.68. The highest BCUT2D eigenvalue weighted by Gasteiger charge is 1.98. The smallest absolute Gasteiger partial charge is 0.155 e. The number of hydrogen-bond donors (Lipinski definition) is 0. The van der Waals surface area contributed by atoms with E-state index in [9.17, 15) is 4.79 Å². The molecule has 0 aromatic carbocycles. The van der Waals surface area contributed by atoms with Crippen LogP contribution in [0.3, 0.4) is 0 Å². The minimum atomic E-state index is 0. The molecule has 0 heterocycles. The zero-order chi connectivity index (χ0) is 5.11. The van der Waals surface area contributed by atoms with E-state index < -0.39 is 0 Å². The van der Waals surface area contributed by atoms with E-state index in [1.807, 2.05) is 6.08 Å². The molecule has 0 bridgehead atoms. The van der Waals surface area contributed by atoms with Crippen LogP contribution < -0.4 is 0 Å². The Morgan fingerprint density at radius 3 is 2.50 bits per heavy atom. The number of ketones is 1. The first-order valence-electron chi connectivity index (χ1n) is 2.59. The van der Waals surface area contributed by atoms with Gasteiger partial charge in [-0.05, 0) is 18.9 Å². The average molecular weight is 114 g/mol. The van der Waals surface area contributed by atoms with Crippen molar-refractivity contribution in [3.63, 3.8) is 0 Å². The van der Waals surface area contributed by atoms with E-state index in [-0.39, 0.29) is 11.3 Å². The molecule has 0 saturated heterocycles. The largest absolute Gasteiger partial charge is 0.412 e. The van der Waals surface area contributed by atoms with Crippen LogP contribution in [0.4, 0.5) is 0 Å². The fraction of sp³-hybridized carbons (Fsp3) is 0.500. The second-order valence-electron chi connectivity index (χ2n) is 1.76. The van der Waals surface area contributed by atoms with Gasteiger partial charge in [-0.15, -0.1) is 0 Å². The number of rotatable bonds is 0. The summed E-state index contributed by atoms with van der Waals surface area (Å²) in [6, 6.07) is 0. The van der Waals surface area contributed by atoms with Crippen molar-refractivity contribution in [1.29, 1.82) is 0 Å². The minimum absolute atomic E-state index is 0. The molecule has 2 N–H and O–H groups in total. The van der Waals surface area contributed by atoms with Gasteiger partial charge in [0.25, 0.3) is 0 Å². The van der Waals surface area contributed by atoms with Crippen molar-refractivity contribution in [1.82, 2.24) is 0 Å². The van der Waals surface area contributed by atoms with Crippen molar-refractivity contribution in [2.24, 2.45) is 0 Å². The lowest BCUT2D eigenvalue weighted by molar-refractivity contribution is -0.114. The van der Waals surface area contributed by atoms with Gasteiger partial charge in [0.2, 0.25) is 0 Å². The molecule has 0 spiro atoms. The molecule has 2 heteroatoms. The summed E-state index contributed by atoms with van der Waals surface area (Å²) in [6.45, 7) is 0. The molecule has 0 aliphatic heterocycles. The van der Waals surface area contributed by atoms with Gasteiger partial charge in [-0.3, -0.25) is 4.79 Å². The fourth-order valence-electron chi connectivity index (χ4n) is 0.692. The lowest BCUT2D eigenvalue weighted by Crippen LogP contribution is -1.95. The van der Waals surface area contributed by atoms with E-state index in [2.05, 4.69) is 0 Å². The number of carbonyl (C=O) groups is 1. The SMILES string of the molecule is O.O=C1C=CCCC1. The summed E-state index contributed by atoms with van der Waals surface area (Å²) < 4.78 is 0. The van der Waals surface area contributed by atoms with Crippen LogP contribution in [0.1, 0.15) is 19.3 Å². The maximum atomic E-state index is 10.4. The maximum absolute atomic E-state index is 10.4. The van der Waals surface area contributed by atoms with Crippen LogP contribution >= 0.6 is 0 Å². The Morgan fingerprint density at radius 2 is 2.25 bits per heavy atom. The molecule has 1 rings (SSSR count). The third-order valence-electron chi connectivity index (χ3n) is 1.10. The summed E-state index contributed by atoms with van der Waals surface area (Å²) in [5.41, 5.74) is 0. The summed E-state index contributed by atoms with van der Waals surface area (Å²) in [5, 5.41) is 0. The van der Waals surface area contributed by atoms with Gasteiger partial charge < -0.3 is 5.48 Å². The van der Waals surface area contributed by atoms with Gasteiger partial charge >= 0.3 is 0 Å². The van der Waals surface area contributed by atoms with E-state index in [0.717, 1.165) is 19.3 Å². The third-order valence-corrected chi connectivity index (χ3v) is 1.10. The van der Waals surface area contributed by atoms with Crippen molar-refractivity contribution in [2.45, 2.75) is 19.3 Å². The molecule has 8 heavy (non-hydrogen) atoms. The van der Waals surface area contributed by atoms with Crippen LogP contribution in [-0.4, -0.2) is 11.3 Å². The summed E-state index contributed by atoms with van der Waals surface area (Å²) >= 11 is 0. The fourth-order valence-corrected chi connectivity index (χ4v) is 0.692. The predicted molar refractivity (Wildman–Crippen MR) is 31.6 cm³/mol. The van der Waals surface area contributed by atoms with E-state index in [0.29, 0.717) is 0 Å². The van der Waals surface area contributed by atoms with Crippen LogP contribution in [0, 0.1) is 0 Å². The molecule has 1 aliphatic carbocycles. The van der Waals surface area contributed by atoms with Gasteiger partial charge in [0.05, 0.1) is 0 Å². The van der Waals surface area contributed by atoms with Gasteiger partial charge in [0.15, 0.2) is 5.78 Å². The Kier molecular flexibility index (Phi) is 3.12. The second-order valence-corrected chi connectivity index (χ2v) is 1.76. The van der Waals surface area contributed by atoms with Crippen molar-refractivity contribution in [3.05, 3.63) is 12.2 Å². The third kappa shape index (κ3) is 1.89. The number of hydrogen-bond acceptors (Lipinski definition) is 1. The molecule has 0 saturated carbocycles. The molecule has 0 atom stereocenters. The molecule has 0 fully saturated rings. The second kappa shape index (κ2) is 3.38. The van der Waals surface area contributed by atoms with Crippen LogP contribution in [0.25, 0.3) is 0 Å². The van der Waals surface area contributed by atoms with E-state index in [1.165, 1.54) is 0 Å². The van der Waals surface area contributed by atoms with Gasteiger partial charge in [0.1, 0.15) is 0 Å². The quantitative estimate of drug-likeness (QED) is 0.451. The lowest BCUT2D eigenvalue weighted by Gasteiger charge is -1.97. The number of allylic oxidation sites excluding steroid dienone is 2. The topological polar surface area (TPSA) is 48.6 Å². The van der Waals surface area contributed by atoms with Crippen molar-refractivity contribution in [3.8, 4) is 0 Å². The van der Waals surface area contributed by atoms with Gasteiger partial charge in [-0.25, -0.2) is 0 Å². The van der Waals surface area contributed by atoms with E-state index in [4.69, 9.17) is 0 Å². The van der Waals surface area contributed by atoms with Crippen LogP contribution in [0.2, 0.25) is 0 Å². The van der Waals surface area contributed by atoms with Crippen LogP contribution in [0.5, 0.6) is 0 Å². The van der Waals surface area contributed by atoms with Crippen molar-refractivity contribution in [2.75, 3.05) is 0 Å². The summed E-state index contributed by atoms with van der Waals surface area (Å²) in [7, 11) is 0. The highest BCUT2D eigenvalue weighted by atomic mass is 16.1. The molecular weight excluding hydrogens is 104 g/mol. The highest BCUT2D eigenvalue weighted by Crippen LogP contribution is 2.04. The Hall–Kier alpha value is -0.630.